The lowest BCUT2D eigenvalue weighted by Gasteiger charge is -2.20. The molecule has 40 heavy (non-hydrogen) atoms. The minimum atomic E-state index is -4.42. The van der Waals surface area contributed by atoms with E-state index in [1.807, 2.05) is 0 Å². The van der Waals surface area contributed by atoms with Gasteiger partial charge in [-0.25, -0.2) is 14.3 Å². The molecule has 6 nitrogen and oxygen atoms in total. The molecule has 0 spiro atoms. The molecule has 0 saturated heterocycles. The lowest BCUT2D eigenvalue weighted by molar-refractivity contribution is -0.137. The molecule has 5 aromatic rings. The Hall–Kier alpha value is -4.63. The summed E-state index contributed by atoms with van der Waals surface area (Å²) in [5, 5.41) is 10.1. The summed E-state index contributed by atoms with van der Waals surface area (Å²) in [7, 11) is 1.58. The van der Waals surface area contributed by atoms with E-state index in [1.54, 1.807) is 74.6 Å². The van der Waals surface area contributed by atoms with Crippen LogP contribution in [0.15, 0.2) is 84.9 Å². The zero-order valence-corrected chi connectivity index (χ0v) is 22.0. The number of amides is 1. The zero-order chi connectivity index (χ0) is 28.8. The van der Waals surface area contributed by atoms with E-state index in [4.69, 9.17) is 11.6 Å². The summed E-state index contributed by atoms with van der Waals surface area (Å²) >= 11 is 6.46. The Morgan fingerprint density at radius 1 is 0.925 bits per heavy atom. The van der Waals surface area contributed by atoms with Crippen LogP contribution in [0.2, 0.25) is 5.02 Å². The standard InChI is InChI=1S/C30H21ClF3N3O3/c1-17-15-19(18-7-10-20(11-8-18)30(32,33)34)9-13-22(17)28(38)36(2)21-12-14-24(31)23(16-21)27-35-25-5-3-4-6-26(25)37(27)29(39)40/h3-16H,1-2H3,(H,39,40). The van der Waals surface area contributed by atoms with E-state index in [-0.39, 0.29) is 16.8 Å². The van der Waals surface area contributed by atoms with Gasteiger partial charge in [-0.15, -0.1) is 0 Å². The minimum absolute atomic E-state index is 0.124. The first kappa shape index (κ1) is 27.0. The van der Waals surface area contributed by atoms with Gasteiger partial charge in [-0.05, 0) is 72.1 Å². The van der Waals surface area contributed by atoms with Gasteiger partial charge in [-0.3, -0.25) is 4.79 Å². The second kappa shape index (κ2) is 10.2. The van der Waals surface area contributed by atoms with Crippen LogP contribution in [0.1, 0.15) is 21.5 Å². The van der Waals surface area contributed by atoms with Crippen molar-refractivity contribution < 1.29 is 27.9 Å². The van der Waals surface area contributed by atoms with Gasteiger partial charge in [0.25, 0.3) is 5.91 Å². The summed E-state index contributed by atoms with van der Waals surface area (Å²) in [4.78, 5) is 31.4. The predicted octanol–water partition coefficient (Wildman–Crippen LogP) is 8.15. The molecule has 202 valence electrons. The van der Waals surface area contributed by atoms with Gasteiger partial charge in [-0.2, -0.15) is 13.2 Å². The maximum Gasteiger partial charge on any atom is 0.417 e. The number of hydrogen-bond acceptors (Lipinski definition) is 3. The van der Waals surface area contributed by atoms with Gasteiger partial charge >= 0.3 is 12.3 Å². The molecule has 10 heteroatoms. The SMILES string of the molecule is Cc1cc(-c2ccc(C(F)(F)F)cc2)ccc1C(=O)N(C)c1ccc(Cl)c(-c2nc3ccccc3n2C(=O)O)c1. The van der Waals surface area contributed by atoms with Crippen molar-refractivity contribution in [1.29, 1.82) is 0 Å². The average molecular weight is 564 g/mol. The largest absolute Gasteiger partial charge is 0.464 e. The number of para-hydroxylation sites is 2. The molecule has 0 aliphatic carbocycles. The number of hydrogen-bond donors (Lipinski definition) is 1. The van der Waals surface area contributed by atoms with Crippen LogP contribution in [0.25, 0.3) is 33.5 Å². The van der Waals surface area contributed by atoms with Crippen LogP contribution in [0.4, 0.5) is 23.7 Å². The van der Waals surface area contributed by atoms with Crippen LogP contribution in [0.3, 0.4) is 0 Å². The van der Waals surface area contributed by atoms with Crippen molar-refractivity contribution in [1.82, 2.24) is 9.55 Å². The third-order valence-corrected chi connectivity index (χ3v) is 6.97. The Labute approximate surface area is 231 Å². The van der Waals surface area contributed by atoms with E-state index in [2.05, 4.69) is 4.98 Å². The second-order valence-corrected chi connectivity index (χ2v) is 9.58. The molecule has 1 aromatic heterocycles. The topological polar surface area (TPSA) is 75.4 Å². The quantitative estimate of drug-likeness (QED) is 0.239. The summed E-state index contributed by atoms with van der Waals surface area (Å²) in [5.74, 6) is -0.213. The van der Waals surface area contributed by atoms with Gasteiger partial charge in [0, 0.05) is 23.9 Å². The zero-order valence-electron chi connectivity index (χ0n) is 21.2. The van der Waals surface area contributed by atoms with Crippen LogP contribution in [0, 0.1) is 6.92 Å². The Bertz CT molecular complexity index is 1780. The molecule has 0 radical (unpaired) electrons. The molecule has 1 N–H and O–H groups in total. The van der Waals surface area contributed by atoms with Crippen molar-refractivity contribution in [3.63, 3.8) is 0 Å². The number of alkyl halides is 3. The van der Waals surface area contributed by atoms with E-state index >= 15 is 0 Å². The maximum absolute atomic E-state index is 13.5. The number of carbonyl (C=O) groups is 2. The van der Waals surface area contributed by atoms with Gasteiger partial charge in [0.05, 0.1) is 21.6 Å². The summed E-state index contributed by atoms with van der Waals surface area (Å²) < 4.78 is 39.8. The number of aromatic nitrogens is 2. The monoisotopic (exact) mass is 563 g/mol. The lowest BCUT2D eigenvalue weighted by Crippen LogP contribution is -2.27. The fourth-order valence-corrected chi connectivity index (χ4v) is 4.73. The van der Waals surface area contributed by atoms with Gasteiger partial charge in [0.1, 0.15) is 0 Å². The molecule has 0 atom stereocenters. The van der Waals surface area contributed by atoms with Crippen LogP contribution < -0.4 is 4.90 Å². The third kappa shape index (κ3) is 4.91. The maximum atomic E-state index is 13.5. The predicted molar refractivity (Wildman–Crippen MR) is 148 cm³/mol. The van der Waals surface area contributed by atoms with Crippen molar-refractivity contribution in [2.75, 3.05) is 11.9 Å². The summed E-state index contributed by atoms with van der Waals surface area (Å²) in [6, 6.07) is 21.5. The van der Waals surface area contributed by atoms with E-state index in [9.17, 15) is 27.9 Å². The Morgan fingerprint density at radius 2 is 1.60 bits per heavy atom. The van der Waals surface area contributed by atoms with Crippen LogP contribution >= 0.6 is 11.6 Å². The number of carbonyl (C=O) groups excluding carboxylic acids is 1. The number of imidazole rings is 1. The van der Waals surface area contributed by atoms with E-state index in [0.717, 1.165) is 16.7 Å². The average Bonchev–Trinajstić information content (AvgIpc) is 3.32. The molecule has 5 rings (SSSR count). The Morgan fingerprint density at radius 3 is 2.25 bits per heavy atom. The molecule has 0 saturated carbocycles. The van der Waals surface area contributed by atoms with E-state index < -0.39 is 17.8 Å². The highest BCUT2D eigenvalue weighted by atomic mass is 35.5. The molecule has 1 heterocycles. The van der Waals surface area contributed by atoms with E-state index in [0.29, 0.717) is 44.5 Å². The molecular weight excluding hydrogens is 543 g/mol. The number of fused-ring (bicyclic) bond motifs is 1. The molecule has 1 amide bonds. The Balaban J connectivity index is 1.47. The molecule has 0 aliphatic heterocycles. The number of nitrogens with zero attached hydrogens (tertiary/aromatic N) is 3. The summed E-state index contributed by atoms with van der Waals surface area (Å²) in [6.45, 7) is 1.75. The number of anilines is 1. The van der Waals surface area contributed by atoms with Crippen molar-refractivity contribution >= 4 is 40.3 Å². The van der Waals surface area contributed by atoms with Gasteiger partial charge in [-0.1, -0.05) is 48.0 Å². The highest BCUT2D eigenvalue weighted by molar-refractivity contribution is 6.33. The van der Waals surface area contributed by atoms with Gasteiger partial charge in [0.15, 0.2) is 5.82 Å². The molecule has 0 bridgehead atoms. The van der Waals surface area contributed by atoms with Crippen LogP contribution in [-0.2, 0) is 6.18 Å². The van der Waals surface area contributed by atoms with Gasteiger partial charge in [0.2, 0.25) is 0 Å². The number of carboxylic acid groups (broad SMARTS) is 1. The number of halogens is 4. The fourth-order valence-electron chi connectivity index (χ4n) is 4.53. The minimum Gasteiger partial charge on any atom is -0.464 e. The lowest BCUT2D eigenvalue weighted by atomic mass is 9.98. The first-order valence-electron chi connectivity index (χ1n) is 12.0. The van der Waals surface area contributed by atoms with Gasteiger partial charge < -0.3 is 10.0 Å². The number of rotatable bonds is 4. The molecular formula is C30H21ClF3N3O3. The molecule has 0 aliphatic rings. The van der Waals surface area contributed by atoms with Crippen molar-refractivity contribution in [3.05, 3.63) is 107 Å². The highest BCUT2D eigenvalue weighted by Gasteiger charge is 2.30. The summed E-state index contributed by atoms with van der Waals surface area (Å²) in [5.41, 5.74) is 3.24. The third-order valence-electron chi connectivity index (χ3n) is 6.64. The first-order chi connectivity index (χ1) is 19.0. The number of aryl methyl sites for hydroxylation is 1. The van der Waals surface area contributed by atoms with E-state index in [1.165, 1.54) is 17.0 Å². The smallest absolute Gasteiger partial charge is 0.417 e. The van der Waals surface area contributed by atoms with Crippen LogP contribution in [-0.4, -0.2) is 33.7 Å². The van der Waals surface area contributed by atoms with Crippen molar-refractivity contribution in [3.8, 4) is 22.5 Å². The normalized spacial score (nSPS) is 11.6. The second-order valence-electron chi connectivity index (χ2n) is 9.18. The molecule has 4 aromatic carbocycles. The van der Waals surface area contributed by atoms with Crippen LogP contribution in [0.5, 0.6) is 0 Å². The Kier molecular flexibility index (Phi) is 6.85. The van der Waals surface area contributed by atoms with Crippen molar-refractivity contribution in [2.24, 2.45) is 0 Å². The molecule has 0 fully saturated rings. The summed E-state index contributed by atoms with van der Waals surface area (Å²) in [6.07, 6.45) is -5.64. The highest BCUT2D eigenvalue weighted by Crippen LogP contribution is 2.35. The fraction of sp³-hybridized carbons (Fsp3) is 0.100. The van der Waals surface area contributed by atoms with Crippen molar-refractivity contribution in [2.45, 2.75) is 13.1 Å². The number of benzene rings is 4. The molecule has 0 unspecified atom stereocenters. The first-order valence-corrected chi connectivity index (χ1v) is 12.4.